The van der Waals surface area contributed by atoms with E-state index in [1.54, 1.807) is 4.90 Å². The molecule has 3 rings (SSSR count). The highest BCUT2D eigenvalue weighted by Crippen LogP contribution is 2.30. The van der Waals surface area contributed by atoms with E-state index in [-0.39, 0.29) is 29.8 Å². The standard InChI is InChI=1S/C23H29N3O2/c1-16(25(5)14-17-10-12-18(13-11-17)23(2,3)4)22(28)26-15-21(27)24-19-8-6-7-9-20(19)26/h6-13,16H,14-15H2,1-5H3,(H,24,27)/t16-/m0/s1. The monoisotopic (exact) mass is 379 g/mol. The molecule has 0 aromatic heterocycles. The molecule has 148 valence electrons. The molecule has 5 nitrogen and oxygen atoms in total. The molecule has 0 radical (unpaired) electrons. The van der Waals surface area contributed by atoms with Gasteiger partial charge in [-0.05, 0) is 42.6 Å². The lowest BCUT2D eigenvalue weighted by atomic mass is 9.87. The first kappa shape index (κ1) is 20.1. The van der Waals surface area contributed by atoms with Crippen LogP contribution in [0.4, 0.5) is 11.4 Å². The van der Waals surface area contributed by atoms with Gasteiger partial charge in [0.1, 0.15) is 6.54 Å². The maximum atomic E-state index is 13.1. The fourth-order valence-electron chi connectivity index (χ4n) is 3.38. The Morgan fingerprint density at radius 2 is 1.79 bits per heavy atom. The van der Waals surface area contributed by atoms with Crippen molar-refractivity contribution in [1.82, 2.24) is 4.90 Å². The molecule has 1 aliphatic heterocycles. The third kappa shape index (κ3) is 4.25. The Morgan fingerprint density at radius 3 is 2.43 bits per heavy atom. The Labute approximate surface area is 167 Å². The van der Waals surface area contributed by atoms with Crippen molar-refractivity contribution in [2.75, 3.05) is 23.8 Å². The Morgan fingerprint density at radius 1 is 1.14 bits per heavy atom. The van der Waals surface area contributed by atoms with Crippen LogP contribution < -0.4 is 10.2 Å². The second-order valence-electron chi connectivity index (χ2n) is 8.53. The van der Waals surface area contributed by atoms with Crippen molar-refractivity contribution in [1.29, 1.82) is 0 Å². The Kier molecular flexibility index (Phi) is 5.57. The van der Waals surface area contributed by atoms with Gasteiger partial charge < -0.3 is 5.32 Å². The molecule has 0 spiro atoms. The third-order valence-corrected chi connectivity index (χ3v) is 5.31. The van der Waals surface area contributed by atoms with E-state index in [4.69, 9.17) is 0 Å². The number of carbonyl (C=O) groups excluding carboxylic acids is 2. The van der Waals surface area contributed by atoms with Gasteiger partial charge in [-0.1, -0.05) is 57.2 Å². The summed E-state index contributed by atoms with van der Waals surface area (Å²) in [5.74, 6) is -0.240. The average Bonchev–Trinajstić information content (AvgIpc) is 2.65. The highest BCUT2D eigenvalue weighted by molar-refractivity contribution is 6.11. The van der Waals surface area contributed by atoms with Gasteiger partial charge in [-0.15, -0.1) is 0 Å². The summed E-state index contributed by atoms with van der Waals surface area (Å²) < 4.78 is 0. The van der Waals surface area contributed by atoms with Crippen LogP contribution in [-0.2, 0) is 21.5 Å². The zero-order valence-corrected chi connectivity index (χ0v) is 17.3. The minimum atomic E-state index is -0.346. The quantitative estimate of drug-likeness (QED) is 0.879. The minimum Gasteiger partial charge on any atom is -0.323 e. The zero-order chi connectivity index (χ0) is 20.5. The number of benzene rings is 2. The summed E-state index contributed by atoms with van der Waals surface area (Å²) >= 11 is 0. The predicted molar refractivity (Wildman–Crippen MR) is 113 cm³/mol. The number of para-hydroxylation sites is 2. The molecule has 1 atom stereocenters. The molecule has 1 aliphatic rings. The molecule has 0 saturated heterocycles. The first-order chi connectivity index (χ1) is 13.2. The van der Waals surface area contributed by atoms with Crippen LogP contribution in [0, 0.1) is 0 Å². The number of carbonyl (C=O) groups is 2. The lowest BCUT2D eigenvalue weighted by Crippen LogP contribution is -2.50. The van der Waals surface area contributed by atoms with E-state index < -0.39 is 0 Å². The van der Waals surface area contributed by atoms with E-state index in [2.05, 4.69) is 50.4 Å². The molecule has 5 heteroatoms. The molecular formula is C23H29N3O2. The van der Waals surface area contributed by atoms with Gasteiger partial charge >= 0.3 is 0 Å². The summed E-state index contributed by atoms with van der Waals surface area (Å²) in [6.45, 7) is 9.19. The molecule has 2 aromatic carbocycles. The fourth-order valence-corrected chi connectivity index (χ4v) is 3.38. The van der Waals surface area contributed by atoms with Crippen LogP contribution in [0.5, 0.6) is 0 Å². The fraction of sp³-hybridized carbons (Fsp3) is 0.391. The molecule has 0 saturated carbocycles. The van der Waals surface area contributed by atoms with E-state index in [9.17, 15) is 9.59 Å². The SMILES string of the molecule is C[C@@H](C(=O)N1CC(=O)Nc2ccccc21)N(C)Cc1ccc(C(C)(C)C)cc1. The summed E-state index contributed by atoms with van der Waals surface area (Å²) in [5, 5.41) is 2.82. The Hall–Kier alpha value is -2.66. The minimum absolute atomic E-state index is 0.0499. The molecular weight excluding hydrogens is 350 g/mol. The number of nitrogens with one attached hydrogen (secondary N) is 1. The molecule has 0 bridgehead atoms. The van der Waals surface area contributed by atoms with Gasteiger partial charge in [0, 0.05) is 6.54 Å². The van der Waals surface area contributed by atoms with Crippen LogP contribution in [-0.4, -0.2) is 36.3 Å². The number of anilines is 2. The number of rotatable bonds is 4. The summed E-state index contributed by atoms with van der Waals surface area (Å²) in [7, 11) is 1.94. The lowest BCUT2D eigenvalue weighted by Gasteiger charge is -2.33. The Balaban J connectivity index is 1.72. The molecule has 2 amide bonds. The van der Waals surface area contributed by atoms with Gasteiger partial charge in [0.05, 0.1) is 17.4 Å². The molecule has 1 N–H and O–H groups in total. The van der Waals surface area contributed by atoms with Gasteiger partial charge in [0.25, 0.3) is 0 Å². The van der Waals surface area contributed by atoms with Crippen LogP contribution in [0.25, 0.3) is 0 Å². The van der Waals surface area contributed by atoms with Crippen LogP contribution in [0.1, 0.15) is 38.8 Å². The van der Waals surface area contributed by atoms with Gasteiger partial charge in [-0.25, -0.2) is 0 Å². The number of amides is 2. The first-order valence-corrected chi connectivity index (χ1v) is 9.67. The smallest absolute Gasteiger partial charge is 0.244 e. The molecule has 0 unspecified atom stereocenters. The second kappa shape index (κ2) is 7.76. The summed E-state index contributed by atoms with van der Waals surface area (Å²) in [4.78, 5) is 28.7. The second-order valence-corrected chi connectivity index (χ2v) is 8.53. The van der Waals surface area contributed by atoms with Gasteiger partial charge in [0.15, 0.2) is 0 Å². The number of hydrogen-bond acceptors (Lipinski definition) is 3. The van der Waals surface area contributed by atoms with Crippen LogP contribution in [0.2, 0.25) is 0 Å². The van der Waals surface area contributed by atoms with Crippen LogP contribution in [0.15, 0.2) is 48.5 Å². The number of hydrogen-bond donors (Lipinski definition) is 1. The lowest BCUT2D eigenvalue weighted by molar-refractivity contribution is -0.125. The molecule has 0 aliphatic carbocycles. The first-order valence-electron chi connectivity index (χ1n) is 9.67. The van der Waals surface area contributed by atoms with Gasteiger partial charge in [-0.3, -0.25) is 19.4 Å². The van der Waals surface area contributed by atoms with Crippen molar-refractivity contribution >= 4 is 23.2 Å². The highest BCUT2D eigenvalue weighted by atomic mass is 16.2. The largest absolute Gasteiger partial charge is 0.323 e. The average molecular weight is 380 g/mol. The highest BCUT2D eigenvalue weighted by Gasteiger charge is 2.31. The van der Waals surface area contributed by atoms with Crippen molar-refractivity contribution in [3.05, 3.63) is 59.7 Å². The summed E-state index contributed by atoms with van der Waals surface area (Å²) in [6.07, 6.45) is 0. The van der Waals surface area contributed by atoms with Crippen molar-refractivity contribution < 1.29 is 9.59 Å². The van der Waals surface area contributed by atoms with Crippen LogP contribution in [0.3, 0.4) is 0 Å². The van der Waals surface area contributed by atoms with Crippen LogP contribution >= 0.6 is 0 Å². The van der Waals surface area contributed by atoms with Crippen molar-refractivity contribution in [3.63, 3.8) is 0 Å². The van der Waals surface area contributed by atoms with Gasteiger partial charge in [0.2, 0.25) is 11.8 Å². The molecule has 28 heavy (non-hydrogen) atoms. The summed E-state index contributed by atoms with van der Waals surface area (Å²) in [5.41, 5.74) is 4.00. The van der Waals surface area contributed by atoms with Crippen molar-refractivity contribution in [2.24, 2.45) is 0 Å². The van der Waals surface area contributed by atoms with E-state index in [0.29, 0.717) is 12.2 Å². The van der Waals surface area contributed by atoms with Gasteiger partial charge in [-0.2, -0.15) is 0 Å². The zero-order valence-electron chi connectivity index (χ0n) is 17.3. The maximum absolute atomic E-state index is 13.1. The Bertz CT molecular complexity index is 868. The van der Waals surface area contributed by atoms with E-state index in [1.165, 1.54) is 5.56 Å². The topological polar surface area (TPSA) is 52.7 Å². The number of likely N-dealkylation sites (N-methyl/N-ethyl adjacent to an activating group) is 1. The van der Waals surface area contributed by atoms with E-state index in [1.807, 2.05) is 43.1 Å². The molecule has 2 aromatic rings. The van der Waals surface area contributed by atoms with E-state index in [0.717, 1.165) is 11.3 Å². The van der Waals surface area contributed by atoms with E-state index >= 15 is 0 Å². The summed E-state index contributed by atoms with van der Waals surface area (Å²) in [6, 6.07) is 15.6. The number of fused-ring (bicyclic) bond motifs is 1. The number of nitrogens with zero attached hydrogens (tertiary/aromatic N) is 2. The molecule has 0 fully saturated rings. The molecule has 1 heterocycles. The van der Waals surface area contributed by atoms with Crippen molar-refractivity contribution in [2.45, 2.75) is 45.7 Å². The maximum Gasteiger partial charge on any atom is 0.244 e. The third-order valence-electron chi connectivity index (χ3n) is 5.31. The predicted octanol–water partition coefficient (Wildman–Crippen LogP) is 3.79. The van der Waals surface area contributed by atoms with Crippen molar-refractivity contribution in [3.8, 4) is 0 Å². The normalized spacial score (nSPS) is 15.2.